The number of methoxy groups -OCH3 is 1. The van der Waals surface area contributed by atoms with E-state index in [9.17, 15) is 5.11 Å². The third kappa shape index (κ3) is 2.76. The van der Waals surface area contributed by atoms with Gasteiger partial charge in [0.1, 0.15) is 0 Å². The van der Waals surface area contributed by atoms with Gasteiger partial charge in [0, 0.05) is 26.2 Å². The maximum atomic E-state index is 10.8. The number of aliphatic hydroxyl groups excluding tert-OH is 1. The molecule has 0 spiro atoms. The van der Waals surface area contributed by atoms with Gasteiger partial charge in [-0.05, 0) is 43.2 Å². The van der Waals surface area contributed by atoms with Crippen molar-refractivity contribution in [1.29, 1.82) is 0 Å². The summed E-state index contributed by atoms with van der Waals surface area (Å²) in [6.07, 6.45) is 5.59. The number of aliphatic hydroxyl groups is 1. The summed E-state index contributed by atoms with van der Waals surface area (Å²) in [6.45, 7) is 2.09. The van der Waals surface area contributed by atoms with E-state index in [-0.39, 0.29) is 12.1 Å². The SMILES string of the molecule is COC1CCN(C2CCCc3ccccc3C2O)CC1. The van der Waals surface area contributed by atoms with E-state index in [1.807, 2.05) is 6.07 Å². The van der Waals surface area contributed by atoms with Crippen molar-refractivity contribution in [2.75, 3.05) is 20.2 Å². The van der Waals surface area contributed by atoms with Gasteiger partial charge in [0.25, 0.3) is 0 Å². The minimum Gasteiger partial charge on any atom is -0.387 e. The van der Waals surface area contributed by atoms with Crippen molar-refractivity contribution in [1.82, 2.24) is 4.90 Å². The molecule has 0 aromatic heterocycles. The zero-order chi connectivity index (χ0) is 13.9. The van der Waals surface area contributed by atoms with Crippen molar-refractivity contribution in [2.24, 2.45) is 0 Å². The summed E-state index contributed by atoms with van der Waals surface area (Å²) in [7, 11) is 1.80. The Morgan fingerprint density at radius 1 is 1.15 bits per heavy atom. The summed E-state index contributed by atoms with van der Waals surface area (Å²) >= 11 is 0. The third-order valence-electron chi connectivity index (χ3n) is 4.96. The van der Waals surface area contributed by atoms with E-state index in [1.165, 1.54) is 12.0 Å². The molecular weight excluding hydrogens is 250 g/mol. The normalized spacial score (nSPS) is 28.9. The highest BCUT2D eigenvalue weighted by atomic mass is 16.5. The summed E-state index contributed by atoms with van der Waals surface area (Å²) in [4.78, 5) is 2.47. The van der Waals surface area contributed by atoms with Crippen molar-refractivity contribution < 1.29 is 9.84 Å². The van der Waals surface area contributed by atoms with Crippen molar-refractivity contribution in [3.8, 4) is 0 Å². The Kier molecular flexibility index (Phi) is 4.39. The number of hydrogen-bond acceptors (Lipinski definition) is 3. The summed E-state index contributed by atoms with van der Waals surface area (Å²) in [6, 6.07) is 8.66. The number of fused-ring (bicyclic) bond motifs is 1. The van der Waals surface area contributed by atoms with Crippen LogP contribution in [0.25, 0.3) is 0 Å². The number of ether oxygens (including phenoxy) is 1. The van der Waals surface area contributed by atoms with Gasteiger partial charge in [-0.2, -0.15) is 0 Å². The van der Waals surface area contributed by atoms with Crippen LogP contribution in [0.4, 0.5) is 0 Å². The second-order valence-corrected chi connectivity index (χ2v) is 6.07. The average molecular weight is 275 g/mol. The second-order valence-electron chi connectivity index (χ2n) is 6.07. The van der Waals surface area contributed by atoms with Gasteiger partial charge in [0.15, 0.2) is 0 Å². The van der Waals surface area contributed by atoms with Crippen LogP contribution in [0.5, 0.6) is 0 Å². The second kappa shape index (κ2) is 6.25. The van der Waals surface area contributed by atoms with E-state index in [0.717, 1.165) is 44.3 Å². The molecule has 3 rings (SSSR count). The third-order valence-corrected chi connectivity index (χ3v) is 4.96. The lowest BCUT2D eigenvalue weighted by molar-refractivity contribution is -0.00961. The van der Waals surface area contributed by atoms with Gasteiger partial charge < -0.3 is 9.84 Å². The number of aryl methyl sites for hydroxylation is 1. The van der Waals surface area contributed by atoms with Gasteiger partial charge in [-0.25, -0.2) is 0 Å². The fourth-order valence-electron chi connectivity index (χ4n) is 3.74. The number of rotatable bonds is 2. The zero-order valence-electron chi connectivity index (χ0n) is 12.3. The van der Waals surface area contributed by atoms with Gasteiger partial charge in [0.05, 0.1) is 12.2 Å². The largest absolute Gasteiger partial charge is 0.387 e. The number of piperidine rings is 1. The average Bonchev–Trinajstić information content (AvgIpc) is 2.67. The Hall–Kier alpha value is -0.900. The quantitative estimate of drug-likeness (QED) is 0.842. The lowest BCUT2D eigenvalue weighted by Crippen LogP contribution is -2.45. The minimum absolute atomic E-state index is 0.274. The van der Waals surface area contributed by atoms with E-state index in [1.54, 1.807) is 7.11 Å². The molecule has 1 fully saturated rings. The molecule has 3 heteroatoms. The Balaban J connectivity index is 1.74. The molecule has 1 aromatic rings. The zero-order valence-corrected chi connectivity index (χ0v) is 12.3. The van der Waals surface area contributed by atoms with Crippen molar-refractivity contribution in [3.05, 3.63) is 35.4 Å². The van der Waals surface area contributed by atoms with Crippen LogP contribution in [-0.4, -0.2) is 42.4 Å². The Labute approximate surface area is 121 Å². The molecule has 1 aromatic carbocycles. The van der Waals surface area contributed by atoms with Crippen LogP contribution >= 0.6 is 0 Å². The molecule has 1 saturated heterocycles. The van der Waals surface area contributed by atoms with Crippen LogP contribution in [-0.2, 0) is 11.2 Å². The first-order valence-corrected chi connectivity index (χ1v) is 7.82. The van der Waals surface area contributed by atoms with E-state index in [4.69, 9.17) is 4.74 Å². The molecule has 20 heavy (non-hydrogen) atoms. The highest BCUT2D eigenvalue weighted by Crippen LogP contribution is 2.33. The van der Waals surface area contributed by atoms with E-state index >= 15 is 0 Å². The molecule has 3 nitrogen and oxygen atoms in total. The first-order chi connectivity index (χ1) is 9.79. The summed E-state index contributed by atoms with van der Waals surface area (Å²) in [5, 5.41) is 10.8. The molecule has 0 radical (unpaired) electrons. The standard InChI is InChI=1S/C17H25NO2/c1-20-14-9-11-18(12-10-14)16-8-4-6-13-5-2-3-7-15(13)17(16)19/h2-3,5,7,14,16-17,19H,4,6,8-12H2,1H3. The summed E-state index contributed by atoms with van der Waals surface area (Å²) in [5.41, 5.74) is 2.47. The van der Waals surface area contributed by atoms with Crippen LogP contribution in [0.1, 0.15) is 42.9 Å². The molecule has 0 saturated carbocycles. The van der Waals surface area contributed by atoms with Crippen LogP contribution in [0.2, 0.25) is 0 Å². The number of benzene rings is 1. The number of hydrogen-bond donors (Lipinski definition) is 1. The predicted octanol–water partition coefficient (Wildman–Crippen LogP) is 2.54. The van der Waals surface area contributed by atoms with E-state index in [0.29, 0.717) is 6.10 Å². The van der Waals surface area contributed by atoms with Gasteiger partial charge in [-0.1, -0.05) is 24.3 Å². The van der Waals surface area contributed by atoms with Gasteiger partial charge in [-0.3, -0.25) is 4.90 Å². The fraction of sp³-hybridized carbons (Fsp3) is 0.647. The van der Waals surface area contributed by atoms with Crippen LogP contribution in [0.3, 0.4) is 0 Å². The molecule has 0 bridgehead atoms. The van der Waals surface area contributed by atoms with E-state index < -0.39 is 0 Å². The lowest BCUT2D eigenvalue weighted by atomic mass is 9.96. The van der Waals surface area contributed by atoms with Crippen LogP contribution < -0.4 is 0 Å². The minimum atomic E-state index is -0.340. The Morgan fingerprint density at radius 3 is 2.65 bits per heavy atom. The molecule has 1 heterocycles. The molecule has 1 aliphatic carbocycles. The van der Waals surface area contributed by atoms with Gasteiger partial charge in [0.2, 0.25) is 0 Å². The fourth-order valence-corrected chi connectivity index (χ4v) is 3.74. The molecule has 1 aliphatic heterocycles. The first-order valence-electron chi connectivity index (χ1n) is 7.82. The molecule has 2 aliphatic rings. The first kappa shape index (κ1) is 14.1. The topological polar surface area (TPSA) is 32.7 Å². The van der Waals surface area contributed by atoms with Crippen molar-refractivity contribution in [2.45, 2.75) is 50.4 Å². The van der Waals surface area contributed by atoms with Crippen molar-refractivity contribution in [3.63, 3.8) is 0 Å². The lowest BCUT2D eigenvalue weighted by Gasteiger charge is -2.39. The molecule has 1 N–H and O–H groups in total. The van der Waals surface area contributed by atoms with Gasteiger partial charge in [-0.15, -0.1) is 0 Å². The molecule has 2 unspecified atom stereocenters. The van der Waals surface area contributed by atoms with E-state index in [2.05, 4.69) is 23.1 Å². The molecule has 0 amide bonds. The summed E-state index contributed by atoms with van der Waals surface area (Å²) in [5.74, 6) is 0. The van der Waals surface area contributed by atoms with Crippen molar-refractivity contribution >= 4 is 0 Å². The maximum absolute atomic E-state index is 10.8. The maximum Gasteiger partial charge on any atom is 0.0947 e. The molecule has 2 atom stereocenters. The number of likely N-dealkylation sites (tertiary alicyclic amines) is 1. The number of nitrogens with zero attached hydrogens (tertiary/aromatic N) is 1. The predicted molar refractivity (Wildman–Crippen MR) is 79.7 cm³/mol. The molecule has 110 valence electrons. The smallest absolute Gasteiger partial charge is 0.0947 e. The highest BCUT2D eigenvalue weighted by molar-refractivity contribution is 5.31. The summed E-state index contributed by atoms with van der Waals surface area (Å²) < 4.78 is 5.45. The highest BCUT2D eigenvalue weighted by Gasteiger charge is 2.32. The van der Waals surface area contributed by atoms with Crippen LogP contribution in [0.15, 0.2) is 24.3 Å². The Bertz CT molecular complexity index is 440. The molecular formula is C17H25NO2. The van der Waals surface area contributed by atoms with Gasteiger partial charge >= 0.3 is 0 Å². The Morgan fingerprint density at radius 2 is 1.90 bits per heavy atom. The monoisotopic (exact) mass is 275 g/mol. The van der Waals surface area contributed by atoms with Crippen LogP contribution in [0, 0.1) is 0 Å².